The van der Waals surface area contributed by atoms with Gasteiger partial charge in [0.05, 0.1) is 60.2 Å². The van der Waals surface area contributed by atoms with Crippen molar-refractivity contribution in [1.29, 1.82) is 0 Å². The summed E-state index contributed by atoms with van der Waals surface area (Å²) in [4.78, 5) is 9.61. The first-order valence-electron chi connectivity index (χ1n) is 41.3. The van der Waals surface area contributed by atoms with Crippen LogP contribution in [-0.2, 0) is 35.9 Å². The Morgan fingerprint density at radius 1 is 0.215 bits per heavy atom. The van der Waals surface area contributed by atoms with Gasteiger partial charge in [-0.05, 0) is 223 Å². The Morgan fingerprint density at radius 3 is 0.744 bits per heavy atom. The minimum atomic E-state index is 0.505. The van der Waals surface area contributed by atoms with E-state index in [4.69, 9.17) is 9.47 Å². The van der Waals surface area contributed by atoms with Crippen molar-refractivity contribution in [2.24, 2.45) is 0 Å². The van der Waals surface area contributed by atoms with Crippen molar-refractivity contribution >= 4 is 145 Å². The third-order valence-electron chi connectivity index (χ3n) is 23.4. The average molecular weight is 1560 g/mol. The Hall–Kier alpha value is -15.4. The number of anilines is 12. The van der Waals surface area contributed by atoms with E-state index in [0.29, 0.717) is 26.4 Å². The van der Waals surface area contributed by atoms with Crippen molar-refractivity contribution in [3.8, 4) is 27.9 Å². The van der Waals surface area contributed by atoms with Crippen LogP contribution in [0.5, 0.6) is 0 Å². The van der Waals surface area contributed by atoms with E-state index in [1.165, 1.54) is 32.3 Å². The summed E-state index contributed by atoms with van der Waals surface area (Å²) in [6, 6.07) is 156. The van der Waals surface area contributed by atoms with Crippen molar-refractivity contribution < 1.29 is 9.47 Å². The third kappa shape index (κ3) is 15.0. The molecular formula is C114H85N5O2. The predicted molar refractivity (Wildman–Crippen MR) is 510 cm³/mol. The zero-order valence-corrected chi connectivity index (χ0v) is 66.9. The molecule has 20 aromatic rings. The number of rotatable bonds is 25. The topological polar surface area (TPSA) is 36.4 Å². The van der Waals surface area contributed by atoms with Gasteiger partial charge in [-0.15, -0.1) is 0 Å². The highest BCUT2D eigenvalue weighted by atomic mass is 16.5. The lowest BCUT2D eigenvalue weighted by Crippen LogP contribution is -2.11. The van der Waals surface area contributed by atoms with Crippen LogP contribution in [0.3, 0.4) is 0 Å². The van der Waals surface area contributed by atoms with E-state index in [0.717, 1.165) is 162 Å². The number of benzene rings is 19. The molecule has 1 aromatic heterocycles. The van der Waals surface area contributed by atoms with Crippen LogP contribution < -0.4 is 19.6 Å². The molecule has 7 heteroatoms. The van der Waals surface area contributed by atoms with E-state index in [-0.39, 0.29) is 0 Å². The minimum Gasteiger partial charge on any atom is -0.372 e. The van der Waals surface area contributed by atoms with E-state index in [1.807, 2.05) is 12.2 Å². The molecule has 0 saturated heterocycles. The van der Waals surface area contributed by atoms with Gasteiger partial charge >= 0.3 is 0 Å². The first kappa shape index (κ1) is 74.4. The second-order valence-corrected chi connectivity index (χ2v) is 30.8. The number of fused-ring (bicyclic) bond motifs is 7. The normalized spacial score (nSPS) is 11.4. The molecule has 19 aromatic carbocycles. The van der Waals surface area contributed by atoms with E-state index >= 15 is 0 Å². The van der Waals surface area contributed by atoms with Crippen LogP contribution in [0.1, 0.15) is 33.4 Å². The van der Waals surface area contributed by atoms with Crippen LogP contribution in [0.4, 0.5) is 68.2 Å². The summed E-state index contributed by atoms with van der Waals surface area (Å²) < 4.78 is 14.9. The van der Waals surface area contributed by atoms with Gasteiger partial charge in [0.1, 0.15) is 0 Å². The number of hydrogen-bond acceptors (Lipinski definition) is 6. The van der Waals surface area contributed by atoms with Crippen LogP contribution in [0, 0.1) is 0 Å². The third-order valence-corrected chi connectivity index (χ3v) is 23.4. The summed E-state index contributed by atoms with van der Waals surface area (Å²) in [6.45, 7) is 9.88. The highest BCUT2D eigenvalue weighted by molar-refractivity contribution is 6.13. The molecule has 0 radical (unpaired) electrons. The van der Waals surface area contributed by atoms with E-state index in [2.05, 4.69) is 468 Å². The SMILES string of the molecule is C=Cc1ccc(COCc2ccc(N(c3ccc(-c4ccc(N(c5ccc6c(c5)c5cc(N(c7ccc(-c8ccc(N(c9ccc(COCc%10ccc(C=C)cc%10)cc9)c9cccc%10ccccc9%10)cc8)cc7)c7cccc8ccccc78)ccc5n6-c5ccccc5)c5cccc6ccccc56)cc4)cc3)c3cccc4ccccc34)cc2)cc1. The summed E-state index contributed by atoms with van der Waals surface area (Å²) in [6.07, 6.45) is 3.72. The zero-order valence-electron chi connectivity index (χ0n) is 66.9. The molecule has 0 N–H and O–H groups in total. The Kier molecular flexibility index (Phi) is 20.5. The maximum Gasteiger partial charge on any atom is 0.0721 e. The van der Waals surface area contributed by atoms with E-state index in [9.17, 15) is 0 Å². The van der Waals surface area contributed by atoms with Gasteiger partial charge < -0.3 is 33.6 Å². The van der Waals surface area contributed by atoms with Gasteiger partial charge in [-0.25, -0.2) is 0 Å². The largest absolute Gasteiger partial charge is 0.372 e. The summed E-state index contributed by atoms with van der Waals surface area (Å²) in [5.74, 6) is 0. The number of para-hydroxylation sites is 1. The van der Waals surface area contributed by atoms with Crippen molar-refractivity contribution in [2.75, 3.05) is 19.6 Å². The standard InChI is InChI=1S/C114H85N5O2/c1-3-80-38-42-82(43-39-80)76-120-78-84-46-58-95(59-47-84)115(109-34-16-24-90-20-8-12-30-103(90)109)97-62-50-86(51-63-97)88-54-66-99(67-55-88)117(111-36-18-26-92-22-10-14-32-105(92)111)101-70-72-113-107(74-101)108-75-102(71-73-114(108)119(113)94-28-6-5-7-29-94)118(112-37-19-27-93-23-11-15-33-106(93)112)100-68-56-89(57-69-100)87-52-64-98(65-53-87)116(110-35-17-25-91-21-9-13-31-104(91)110)96-60-48-85(49-61-96)79-121-77-83-44-40-81(4-2)41-45-83/h3-75H,1-2,76-79H2. The smallest absolute Gasteiger partial charge is 0.0721 e. The first-order chi connectivity index (χ1) is 59.9. The lowest BCUT2D eigenvalue weighted by atomic mass is 10.0. The van der Waals surface area contributed by atoms with Gasteiger partial charge in [0.25, 0.3) is 0 Å². The molecule has 0 unspecified atom stereocenters. The Balaban J connectivity index is 0.637. The summed E-state index contributed by atoms with van der Waals surface area (Å²) in [5.41, 5.74) is 27.2. The number of ether oxygens (including phenoxy) is 2. The summed E-state index contributed by atoms with van der Waals surface area (Å²) in [5, 5.41) is 11.6. The van der Waals surface area contributed by atoms with Gasteiger partial charge in [0.15, 0.2) is 0 Å². The number of aromatic nitrogens is 1. The van der Waals surface area contributed by atoms with Crippen LogP contribution >= 0.6 is 0 Å². The molecule has 20 rings (SSSR count). The molecule has 121 heavy (non-hydrogen) atoms. The van der Waals surface area contributed by atoms with Gasteiger partial charge in [-0.1, -0.05) is 310 Å². The molecule has 7 nitrogen and oxygen atoms in total. The van der Waals surface area contributed by atoms with Crippen molar-refractivity contribution in [1.82, 2.24) is 4.57 Å². The monoisotopic (exact) mass is 1560 g/mol. The maximum atomic E-state index is 6.23. The molecule has 1 heterocycles. The van der Waals surface area contributed by atoms with Crippen LogP contribution in [0.15, 0.2) is 444 Å². The fraction of sp³-hybridized carbons (Fsp3) is 0.0351. The van der Waals surface area contributed by atoms with Crippen LogP contribution in [0.2, 0.25) is 0 Å². The second-order valence-electron chi connectivity index (χ2n) is 30.8. The fourth-order valence-corrected chi connectivity index (χ4v) is 17.2. The molecule has 0 saturated carbocycles. The van der Waals surface area contributed by atoms with Gasteiger partial charge in [0.2, 0.25) is 0 Å². The zero-order chi connectivity index (χ0) is 81.0. The number of hydrogen-bond donors (Lipinski definition) is 0. The number of nitrogens with zero attached hydrogens (tertiary/aromatic N) is 5. The van der Waals surface area contributed by atoms with Gasteiger partial charge in [0, 0.05) is 83.5 Å². The molecule has 0 aliphatic rings. The lowest BCUT2D eigenvalue weighted by Gasteiger charge is -2.28. The predicted octanol–water partition coefficient (Wildman–Crippen LogP) is 31.3. The lowest BCUT2D eigenvalue weighted by molar-refractivity contribution is 0.107. The average Bonchev–Trinajstić information content (AvgIpc) is 1.58. The molecule has 0 bridgehead atoms. The Labute approximate surface area is 705 Å². The molecule has 0 spiro atoms. The van der Waals surface area contributed by atoms with Crippen molar-refractivity contribution in [2.45, 2.75) is 26.4 Å². The summed E-state index contributed by atoms with van der Waals surface area (Å²) in [7, 11) is 0. The maximum absolute atomic E-state index is 6.23. The fourth-order valence-electron chi connectivity index (χ4n) is 17.2. The van der Waals surface area contributed by atoms with Crippen molar-refractivity contribution in [3.05, 3.63) is 477 Å². The second kappa shape index (κ2) is 33.3. The summed E-state index contributed by atoms with van der Waals surface area (Å²) >= 11 is 0. The van der Waals surface area contributed by atoms with Crippen molar-refractivity contribution in [3.63, 3.8) is 0 Å². The molecule has 0 aliphatic heterocycles. The highest BCUT2D eigenvalue weighted by Gasteiger charge is 2.25. The van der Waals surface area contributed by atoms with E-state index < -0.39 is 0 Å². The molecule has 578 valence electrons. The molecule has 0 amide bonds. The van der Waals surface area contributed by atoms with Crippen LogP contribution in [0.25, 0.3) is 105 Å². The molecule has 0 fully saturated rings. The Bertz CT molecular complexity index is 6720. The molecular weight excluding hydrogens is 1470 g/mol. The van der Waals surface area contributed by atoms with Gasteiger partial charge in [-0.2, -0.15) is 0 Å². The van der Waals surface area contributed by atoms with Crippen LogP contribution in [-0.4, -0.2) is 4.57 Å². The quantitative estimate of drug-likeness (QED) is 0.0568. The van der Waals surface area contributed by atoms with E-state index in [1.54, 1.807) is 0 Å². The minimum absolute atomic E-state index is 0.505. The Morgan fingerprint density at radius 2 is 0.455 bits per heavy atom. The highest BCUT2D eigenvalue weighted by Crippen LogP contribution is 2.48. The first-order valence-corrected chi connectivity index (χ1v) is 41.3. The molecule has 0 aliphatic carbocycles. The van der Waals surface area contributed by atoms with Gasteiger partial charge in [-0.3, -0.25) is 0 Å². The molecule has 0 atom stereocenters.